The van der Waals surface area contributed by atoms with E-state index in [-0.39, 0.29) is 11.7 Å². The van der Waals surface area contributed by atoms with E-state index in [9.17, 15) is 4.79 Å². The highest BCUT2D eigenvalue weighted by atomic mass is 16.6. The van der Waals surface area contributed by atoms with Crippen molar-refractivity contribution in [1.82, 2.24) is 15.1 Å². The molecule has 3 fully saturated rings. The summed E-state index contributed by atoms with van der Waals surface area (Å²) < 4.78 is 11.6. The van der Waals surface area contributed by atoms with E-state index < -0.39 is 0 Å². The number of likely N-dealkylation sites (tertiary alicyclic amines) is 1. The SMILES string of the molecule is O=C1OC2(CCN(C[C@H]3CCCNC3)CC2)CN1CCOc1ccccc1. The van der Waals surface area contributed by atoms with Crippen LogP contribution in [-0.4, -0.2) is 73.9 Å². The lowest BCUT2D eigenvalue weighted by Crippen LogP contribution is -2.49. The Balaban J connectivity index is 1.21. The Morgan fingerprint density at radius 3 is 2.78 bits per heavy atom. The number of hydrogen-bond donors (Lipinski definition) is 1. The molecule has 6 heteroatoms. The number of carbonyl (C=O) groups excluding carboxylic acids is 1. The van der Waals surface area contributed by atoms with Gasteiger partial charge in [-0.15, -0.1) is 0 Å². The molecule has 4 rings (SSSR count). The molecule has 148 valence electrons. The fraction of sp³-hybridized carbons (Fsp3) is 0.667. The van der Waals surface area contributed by atoms with Gasteiger partial charge in [-0.1, -0.05) is 18.2 Å². The van der Waals surface area contributed by atoms with Crippen molar-refractivity contribution < 1.29 is 14.3 Å². The van der Waals surface area contributed by atoms with E-state index in [2.05, 4.69) is 10.2 Å². The molecule has 3 heterocycles. The van der Waals surface area contributed by atoms with Gasteiger partial charge < -0.3 is 24.6 Å². The summed E-state index contributed by atoms with van der Waals surface area (Å²) in [5.41, 5.74) is -0.287. The first-order valence-electron chi connectivity index (χ1n) is 10.3. The van der Waals surface area contributed by atoms with Crippen LogP contribution in [0.4, 0.5) is 4.79 Å². The molecule has 0 unspecified atom stereocenters. The Labute approximate surface area is 161 Å². The zero-order chi connectivity index (χ0) is 18.5. The maximum absolute atomic E-state index is 12.3. The highest BCUT2D eigenvalue weighted by Gasteiger charge is 2.46. The Morgan fingerprint density at radius 1 is 1.22 bits per heavy atom. The van der Waals surface area contributed by atoms with Gasteiger partial charge in [-0.05, 0) is 44.0 Å². The molecular formula is C21H31N3O3. The minimum absolute atomic E-state index is 0.184. The minimum Gasteiger partial charge on any atom is -0.492 e. The van der Waals surface area contributed by atoms with Gasteiger partial charge in [-0.3, -0.25) is 0 Å². The smallest absolute Gasteiger partial charge is 0.410 e. The van der Waals surface area contributed by atoms with Crippen molar-refractivity contribution in [1.29, 1.82) is 0 Å². The predicted molar refractivity (Wildman–Crippen MR) is 104 cm³/mol. The number of carbonyl (C=O) groups is 1. The number of nitrogens with one attached hydrogen (secondary N) is 1. The third-order valence-corrected chi connectivity index (χ3v) is 6.10. The van der Waals surface area contributed by atoms with Crippen molar-refractivity contribution in [3.63, 3.8) is 0 Å². The van der Waals surface area contributed by atoms with Gasteiger partial charge in [0.15, 0.2) is 0 Å². The summed E-state index contributed by atoms with van der Waals surface area (Å²) in [5.74, 6) is 1.61. The molecular weight excluding hydrogens is 342 g/mol. The molecule has 3 aliphatic heterocycles. The minimum atomic E-state index is -0.287. The van der Waals surface area contributed by atoms with E-state index in [0.29, 0.717) is 19.7 Å². The second kappa shape index (κ2) is 8.48. The van der Waals surface area contributed by atoms with E-state index in [1.54, 1.807) is 0 Å². The van der Waals surface area contributed by atoms with Crippen molar-refractivity contribution in [3.8, 4) is 5.75 Å². The van der Waals surface area contributed by atoms with E-state index in [1.165, 1.54) is 25.9 Å². The van der Waals surface area contributed by atoms with Gasteiger partial charge in [0.05, 0.1) is 13.1 Å². The molecule has 0 saturated carbocycles. The van der Waals surface area contributed by atoms with Crippen LogP contribution in [0.25, 0.3) is 0 Å². The van der Waals surface area contributed by atoms with Crippen LogP contribution >= 0.6 is 0 Å². The Morgan fingerprint density at radius 2 is 2.04 bits per heavy atom. The average molecular weight is 373 g/mol. The standard InChI is InChI=1S/C21H31N3O3/c25-20-24(13-14-26-19-6-2-1-3-7-19)17-21(27-20)8-11-23(12-9-21)16-18-5-4-10-22-15-18/h1-3,6-7,18,22H,4-5,8-17H2/t18-/m0/s1. The summed E-state index contributed by atoms with van der Waals surface area (Å²) in [5, 5.41) is 3.50. The maximum atomic E-state index is 12.3. The number of para-hydroxylation sites is 1. The molecule has 0 aliphatic carbocycles. The van der Waals surface area contributed by atoms with Crippen LogP contribution in [0.1, 0.15) is 25.7 Å². The molecule has 1 amide bonds. The van der Waals surface area contributed by atoms with Crippen LogP contribution in [-0.2, 0) is 4.74 Å². The first kappa shape index (κ1) is 18.6. The molecule has 0 radical (unpaired) electrons. The number of amides is 1. The topological polar surface area (TPSA) is 54.0 Å². The Hall–Kier alpha value is -1.79. The normalized spacial score (nSPS) is 25.6. The Kier molecular flexibility index (Phi) is 5.83. The van der Waals surface area contributed by atoms with Gasteiger partial charge in [0.25, 0.3) is 0 Å². The molecule has 27 heavy (non-hydrogen) atoms. The number of nitrogens with zero attached hydrogens (tertiary/aromatic N) is 2. The molecule has 1 aromatic rings. The third kappa shape index (κ3) is 4.74. The highest BCUT2D eigenvalue weighted by molar-refractivity contribution is 5.70. The monoisotopic (exact) mass is 373 g/mol. The molecule has 0 aromatic heterocycles. The fourth-order valence-electron chi connectivity index (χ4n) is 4.50. The lowest BCUT2D eigenvalue weighted by Gasteiger charge is -2.39. The summed E-state index contributed by atoms with van der Waals surface area (Å²) in [6.45, 7) is 7.30. The van der Waals surface area contributed by atoms with Gasteiger partial charge in [0.2, 0.25) is 0 Å². The summed E-state index contributed by atoms with van der Waals surface area (Å²) >= 11 is 0. The van der Waals surface area contributed by atoms with Crippen molar-refractivity contribution >= 4 is 6.09 Å². The van der Waals surface area contributed by atoms with E-state index in [1.807, 2.05) is 35.2 Å². The van der Waals surface area contributed by atoms with Gasteiger partial charge >= 0.3 is 6.09 Å². The quantitative estimate of drug-likeness (QED) is 0.830. The fourth-order valence-corrected chi connectivity index (χ4v) is 4.50. The predicted octanol–water partition coefficient (Wildman–Crippen LogP) is 2.35. The number of benzene rings is 1. The number of ether oxygens (including phenoxy) is 2. The van der Waals surface area contributed by atoms with Crippen molar-refractivity contribution in [2.45, 2.75) is 31.3 Å². The lowest BCUT2D eigenvalue weighted by molar-refractivity contribution is -0.00339. The molecule has 6 nitrogen and oxygen atoms in total. The average Bonchev–Trinajstić information content (AvgIpc) is 3.01. The largest absolute Gasteiger partial charge is 0.492 e. The van der Waals surface area contributed by atoms with Crippen LogP contribution < -0.4 is 10.1 Å². The van der Waals surface area contributed by atoms with E-state index >= 15 is 0 Å². The number of piperidine rings is 2. The van der Waals surface area contributed by atoms with Gasteiger partial charge in [-0.25, -0.2) is 4.79 Å². The second-order valence-corrected chi connectivity index (χ2v) is 8.15. The summed E-state index contributed by atoms with van der Waals surface area (Å²) in [7, 11) is 0. The van der Waals surface area contributed by atoms with Gasteiger partial charge in [0.1, 0.15) is 18.0 Å². The summed E-state index contributed by atoms with van der Waals surface area (Å²) in [4.78, 5) is 16.7. The molecule has 1 atom stereocenters. The van der Waals surface area contributed by atoms with Crippen molar-refractivity contribution in [2.24, 2.45) is 5.92 Å². The Bertz CT molecular complexity index is 610. The second-order valence-electron chi connectivity index (χ2n) is 8.15. The van der Waals surface area contributed by atoms with E-state index in [4.69, 9.17) is 9.47 Å². The lowest BCUT2D eigenvalue weighted by atomic mass is 9.90. The van der Waals surface area contributed by atoms with Gasteiger partial charge in [0, 0.05) is 32.5 Å². The third-order valence-electron chi connectivity index (χ3n) is 6.10. The number of rotatable bonds is 6. The van der Waals surface area contributed by atoms with Crippen LogP contribution in [0.2, 0.25) is 0 Å². The maximum Gasteiger partial charge on any atom is 0.410 e. The van der Waals surface area contributed by atoms with E-state index in [0.717, 1.165) is 44.1 Å². The molecule has 3 saturated heterocycles. The van der Waals surface area contributed by atoms with Crippen molar-refractivity contribution in [3.05, 3.63) is 30.3 Å². The summed E-state index contributed by atoms with van der Waals surface area (Å²) in [6, 6.07) is 9.73. The zero-order valence-corrected chi connectivity index (χ0v) is 16.1. The molecule has 3 aliphatic rings. The number of hydrogen-bond acceptors (Lipinski definition) is 5. The van der Waals surface area contributed by atoms with Crippen LogP contribution in [0.3, 0.4) is 0 Å². The van der Waals surface area contributed by atoms with Gasteiger partial charge in [-0.2, -0.15) is 0 Å². The molecule has 1 N–H and O–H groups in total. The summed E-state index contributed by atoms with van der Waals surface area (Å²) in [6.07, 6.45) is 4.32. The highest BCUT2D eigenvalue weighted by Crippen LogP contribution is 2.33. The van der Waals surface area contributed by atoms with Crippen LogP contribution in [0, 0.1) is 5.92 Å². The molecule has 0 bridgehead atoms. The zero-order valence-electron chi connectivity index (χ0n) is 16.1. The first-order valence-corrected chi connectivity index (χ1v) is 10.3. The molecule has 1 spiro atoms. The van der Waals surface area contributed by atoms with Crippen molar-refractivity contribution in [2.75, 3.05) is 52.4 Å². The van der Waals surface area contributed by atoms with Crippen LogP contribution in [0.15, 0.2) is 30.3 Å². The van der Waals surface area contributed by atoms with Crippen LogP contribution in [0.5, 0.6) is 5.75 Å². The first-order chi connectivity index (χ1) is 13.2. The molecule has 1 aromatic carbocycles.